The van der Waals surface area contributed by atoms with E-state index in [4.69, 9.17) is 0 Å². The molecular weight excluding hydrogens is 531 g/mol. The third kappa shape index (κ3) is 6.63. The van der Waals surface area contributed by atoms with E-state index >= 15 is 0 Å². The average molecular weight is 568 g/mol. The molecule has 9 heteroatoms. The Hall–Kier alpha value is -3.69. The van der Waals surface area contributed by atoms with Gasteiger partial charge in [-0.15, -0.1) is 0 Å². The molecule has 3 aromatic rings. The smallest absolute Gasteiger partial charge is 0.390 e. The average Bonchev–Trinajstić information content (AvgIpc) is 2.97. The van der Waals surface area contributed by atoms with Crippen LogP contribution in [-0.2, 0) is 16.4 Å². The van der Waals surface area contributed by atoms with E-state index in [0.29, 0.717) is 19.4 Å². The molecular formula is C32H36F3N3O3. The van der Waals surface area contributed by atoms with Gasteiger partial charge in [-0.2, -0.15) is 13.2 Å². The number of amides is 2. The fourth-order valence-corrected chi connectivity index (χ4v) is 5.75. The first-order valence-electron chi connectivity index (χ1n) is 13.7. The summed E-state index contributed by atoms with van der Waals surface area (Å²) in [6, 6.07) is 22.9. The van der Waals surface area contributed by atoms with Crippen LogP contribution in [0.4, 0.5) is 13.2 Å². The van der Waals surface area contributed by atoms with Crippen LogP contribution >= 0.6 is 0 Å². The third-order valence-corrected chi connectivity index (χ3v) is 7.91. The summed E-state index contributed by atoms with van der Waals surface area (Å²) in [6.07, 6.45) is -4.64. The van der Waals surface area contributed by atoms with Crippen LogP contribution < -0.4 is 5.32 Å². The summed E-state index contributed by atoms with van der Waals surface area (Å²) in [6.45, 7) is 2.80. The Morgan fingerprint density at radius 3 is 2.02 bits per heavy atom. The maximum atomic E-state index is 14.0. The van der Waals surface area contributed by atoms with E-state index in [1.165, 1.54) is 12.1 Å². The van der Waals surface area contributed by atoms with Gasteiger partial charge >= 0.3 is 6.18 Å². The van der Waals surface area contributed by atoms with Gasteiger partial charge in [0.2, 0.25) is 5.91 Å². The van der Waals surface area contributed by atoms with Gasteiger partial charge in [0, 0.05) is 38.8 Å². The molecule has 1 heterocycles. The molecule has 1 saturated heterocycles. The van der Waals surface area contributed by atoms with Gasteiger partial charge in [0.1, 0.15) is 5.41 Å². The van der Waals surface area contributed by atoms with Crippen molar-refractivity contribution in [3.63, 3.8) is 0 Å². The van der Waals surface area contributed by atoms with Gasteiger partial charge in [-0.05, 0) is 49.1 Å². The number of alkyl halides is 3. The zero-order valence-electron chi connectivity index (χ0n) is 23.4. The lowest BCUT2D eigenvalue weighted by Crippen LogP contribution is -2.57. The molecule has 2 amide bonds. The SMILES string of the molecule is CC(CC(C(=O)N(C)C)(c1ccccc1)c1ccccc1)N1CC[C@H](NC(=O)c2cccc(C(F)(F)F)c2)[C@H](O)C1. The lowest BCUT2D eigenvalue weighted by atomic mass is 9.69. The standard InChI is InChI=1S/C32H36F3N3O3/c1-22(20-31(30(41)37(2)3,24-12-6-4-7-13-24)25-14-8-5-9-15-25)38-18-17-27(28(39)21-38)36-29(40)23-11-10-16-26(19-23)32(33,34)35/h4-16,19,22,27-28,39H,17-18,20-21H2,1-3H3,(H,36,40)/t22?,27-,28+/m0/s1. The molecule has 0 spiro atoms. The third-order valence-electron chi connectivity index (χ3n) is 7.91. The molecule has 3 aromatic carbocycles. The lowest BCUT2D eigenvalue weighted by molar-refractivity contribution is -0.137. The molecule has 1 aliphatic heterocycles. The molecule has 4 rings (SSSR count). The molecule has 2 N–H and O–H groups in total. The Morgan fingerprint density at radius 1 is 0.951 bits per heavy atom. The summed E-state index contributed by atoms with van der Waals surface area (Å²) in [7, 11) is 3.49. The molecule has 6 nitrogen and oxygen atoms in total. The second kappa shape index (κ2) is 12.4. The summed E-state index contributed by atoms with van der Waals surface area (Å²) in [5.41, 5.74) is -0.228. The van der Waals surface area contributed by atoms with Crippen molar-refractivity contribution in [2.45, 2.75) is 49.5 Å². The second-order valence-corrected chi connectivity index (χ2v) is 10.9. The summed E-state index contributed by atoms with van der Waals surface area (Å²) < 4.78 is 39.3. The van der Waals surface area contributed by atoms with Crippen molar-refractivity contribution in [2.24, 2.45) is 0 Å². The van der Waals surface area contributed by atoms with Gasteiger partial charge in [0.05, 0.1) is 17.7 Å². The minimum absolute atomic E-state index is 0.0504. The van der Waals surface area contributed by atoms with Crippen molar-refractivity contribution in [1.29, 1.82) is 0 Å². The van der Waals surface area contributed by atoms with Crippen LogP contribution in [0.25, 0.3) is 0 Å². The fourth-order valence-electron chi connectivity index (χ4n) is 5.75. The maximum Gasteiger partial charge on any atom is 0.416 e. The summed E-state index contributed by atoms with van der Waals surface area (Å²) in [4.78, 5) is 30.4. The minimum atomic E-state index is -4.56. The first kappa shape index (κ1) is 30.3. The Balaban J connectivity index is 1.52. The summed E-state index contributed by atoms with van der Waals surface area (Å²) >= 11 is 0. The number of halogens is 3. The van der Waals surface area contributed by atoms with Crippen molar-refractivity contribution in [3.05, 3.63) is 107 Å². The van der Waals surface area contributed by atoms with E-state index in [2.05, 4.69) is 10.2 Å². The number of rotatable bonds is 8. The number of likely N-dealkylation sites (N-methyl/N-ethyl adjacent to an activating group) is 1. The van der Waals surface area contributed by atoms with Crippen LogP contribution in [0.15, 0.2) is 84.9 Å². The first-order chi connectivity index (χ1) is 19.4. The molecule has 41 heavy (non-hydrogen) atoms. The van der Waals surface area contributed by atoms with E-state index in [1.54, 1.807) is 19.0 Å². The molecule has 0 radical (unpaired) electrons. The number of aliphatic hydroxyl groups is 1. The van der Waals surface area contributed by atoms with E-state index < -0.39 is 35.2 Å². The topological polar surface area (TPSA) is 72.9 Å². The van der Waals surface area contributed by atoms with Crippen molar-refractivity contribution in [3.8, 4) is 0 Å². The van der Waals surface area contributed by atoms with E-state index in [1.807, 2.05) is 67.6 Å². The lowest BCUT2D eigenvalue weighted by Gasteiger charge is -2.44. The number of nitrogens with one attached hydrogen (secondary N) is 1. The van der Waals surface area contributed by atoms with Crippen LogP contribution in [0.2, 0.25) is 0 Å². The van der Waals surface area contributed by atoms with Crippen molar-refractivity contribution in [1.82, 2.24) is 15.1 Å². The number of β-amino-alcohol motifs (C(OH)–C–C–N with tert-alkyl or cyclic N) is 1. The Morgan fingerprint density at radius 2 is 1.51 bits per heavy atom. The number of carbonyl (C=O) groups is 2. The largest absolute Gasteiger partial charge is 0.416 e. The molecule has 0 aromatic heterocycles. The number of piperidine rings is 1. The van der Waals surface area contributed by atoms with Crippen LogP contribution in [0.1, 0.15) is 46.8 Å². The molecule has 1 fully saturated rings. The van der Waals surface area contributed by atoms with Gasteiger partial charge in [0.15, 0.2) is 0 Å². The van der Waals surface area contributed by atoms with Crippen molar-refractivity contribution < 1.29 is 27.9 Å². The van der Waals surface area contributed by atoms with Gasteiger partial charge < -0.3 is 15.3 Å². The number of carbonyl (C=O) groups excluding carboxylic acids is 2. The first-order valence-corrected chi connectivity index (χ1v) is 13.7. The number of hydrogen-bond acceptors (Lipinski definition) is 4. The van der Waals surface area contributed by atoms with E-state index in [9.17, 15) is 27.9 Å². The Bertz CT molecular complexity index is 1290. The molecule has 218 valence electrons. The Labute approximate surface area is 238 Å². The normalized spacial score (nSPS) is 18.9. The quantitative estimate of drug-likeness (QED) is 0.413. The molecule has 1 unspecified atom stereocenters. The predicted octanol–water partition coefficient (Wildman–Crippen LogP) is 4.72. The van der Waals surface area contributed by atoms with Crippen LogP contribution in [0.3, 0.4) is 0 Å². The van der Waals surface area contributed by atoms with Crippen LogP contribution in [0, 0.1) is 0 Å². The number of hydrogen-bond donors (Lipinski definition) is 2. The predicted molar refractivity (Wildman–Crippen MR) is 151 cm³/mol. The monoisotopic (exact) mass is 567 g/mol. The second-order valence-electron chi connectivity index (χ2n) is 10.9. The molecule has 0 aliphatic carbocycles. The highest BCUT2D eigenvalue weighted by atomic mass is 19.4. The van der Waals surface area contributed by atoms with Gasteiger partial charge in [0.25, 0.3) is 5.91 Å². The minimum Gasteiger partial charge on any atom is -0.390 e. The summed E-state index contributed by atoms with van der Waals surface area (Å²) in [5.74, 6) is -0.712. The molecule has 1 aliphatic rings. The zero-order chi connectivity index (χ0) is 29.8. The number of aliphatic hydroxyl groups excluding tert-OH is 1. The van der Waals surface area contributed by atoms with Crippen LogP contribution in [-0.4, -0.2) is 72.1 Å². The number of benzene rings is 3. The highest BCUT2D eigenvalue weighted by Crippen LogP contribution is 2.40. The maximum absolute atomic E-state index is 14.0. The zero-order valence-corrected chi connectivity index (χ0v) is 23.4. The number of nitrogens with zero attached hydrogens (tertiary/aromatic N) is 2. The van der Waals surface area contributed by atoms with E-state index in [0.717, 1.165) is 23.3 Å². The number of likely N-dealkylation sites (tertiary alicyclic amines) is 1. The molecule has 0 bridgehead atoms. The van der Waals surface area contributed by atoms with Gasteiger partial charge in [-0.25, -0.2) is 0 Å². The molecule has 0 saturated carbocycles. The highest BCUT2D eigenvalue weighted by molar-refractivity contribution is 5.94. The van der Waals surface area contributed by atoms with Crippen LogP contribution in [0.5, 0.6) is 0 Å². The fraction of sp³-hybridized carbons (Fsp3) is 0.375. The van der Waals surface area contributed by atoms with Gasteiger partial charge in [-0.1, -0.05) is 66.7 Å². The van der Waals surface area contributed by atoms with Crippen molar-refractivity contribution in [2.75, 3.05) is 27.2 Å². The highest BCUT2D eigenvalue weighted by Gasteiger charge is 2.45. The molecule has 3 atom stereocenters. The summed E-state index contributed by atoms with van der Waals surface area (Å²) in [5, 5.41) is 13.7. The van der Waals surface area contributed by atoms with Gasteiger partial charge in [-0.3, -0.25) is 14.5 Å². The van der Waals surface area contributed by atoms with E-state index in [-0.39, 0.29) is 24.1 Å². The Kier molecular flexibility index (Phi) is 9.19. The van der Waals surface area contributed by atoms with Crippen molar-refractivity contribution >= 4 is 11.8 Å².